The van der Waals surface area contributed by atoms with E-state index in [9.17, 15) is 23.3 Å². The molecule has 156 valence electrons. The fourth-order valence-corrected chi connectivity index (χ4v) is 3.29. The number of aryl methyl sites for hydroxylation is 1. The number of hydrogen-bond acceptors (Lipinski definition) is 4. The molecule has 0 aliphatic carbocycles. The Labute approximate surface area is 174 Å². The van der Waals surface area contributed by atoms with Crippen molar-refractivity contribution in [3.05, 3.63) is 86.2 Å². The molecule has 0 aliphatic heterocycles. The van der Waals surface area contributed by atoms with Gasteiger partial charge in [0, 0.05) is 29.1 Å². The highest BCUT2D eigenvalue weighted by Gasteiger charge is 2.35. The number of rotatable bonds is 5. The summed E-state index contributed by atoms with van der Waals surface area (Å²) in [6.45, 7) is 3.71. The predicted molar refractivity (Wildman–Crippen MR) is 110 cm³/mol. The lowest BCUT2D eigenvalue weighted by Gasteiger charge is -2.12. The second kappa shape index (κ2) is 8.19. The molecule has 3 aromatic rings. The monoisotopic (exact) mass is 436 g/mol. The zero-order chi connectivity index (χ0) is 22.1. The van der Waals surface area contributed by atoms with Gasteiger partial charge in [-0.1, -0.05) is 23.7 Å². The first kappa shape index (κ1) is 21.4. The van der Waals surface area contributed by atoms with Crippen molar-refractivity contribution in [3.8, 4) is 5.69 Å². The third-order valence-electron chi connectivity index (χ3n) is 4.47. The lowest BCUT2D eigenvalue weighted by Crippen LogP contribution is -2.09. The number of para-hydroxylation sites is 1. The molecular formula is C20H16ClF3N4O2. The zero-order valence-electron chi connectivity index (χ0n) is 15.9. The van der Waals surface area contributed by atoms with Crippen LogP contribution in [0.5, 0.6) is 0 Å². The summed E-state index contributed by atoms with van der Waals surface area (Å²) >= 11 is 6.27. The van der Waals surface area contributed by atoms with Crippen molar-refractivity contribution in [2.75, 3.05) is 5.43 Å². The summed E-state index contributed by atoms with van der Waals surface area (Å²) in [6, 6.07) is 11.5. The van der Waals surface area contributed by atoms with Gasteiger partial charge < -0.3 is 4.57 Å². The maximum absolute atomic E-state index is 13.3. The fourth-order valence-electron chi connectivity index (χ4n) is 3.07. The minimum Gasteiger partial charge on any atom is -0.316 e. The van der Waals surface area contributed by atoms with Crippen molar-refractivity contribution in [2.45, 2.75) is 20.0 Å². The molecule has 30 heavy (non-hydrogen) atoms. The van der Waals surface area contributed by atoms with Crippen LogP contribution in [0.3, 0.4) is 0 Å². The van der Waals surface area contributed by atoms with Crippen LogP contribution in [0.25, 0.3) is 5.69 Å². The van der Waals surface area contributed by atoms with Gasteiger partial charge in [-0.2, -0.15) is 18.3 Å². The Kier molecular flexibility index (Phi) is 5.84. The van der Waals surface area contributed by atoms with Gasteiger partial charge in [0.2, 0.25) is 0 Å². The van der Waals surface area contributed by atoms with Gasteiger partial charge in [-0.05, 0) is 38.1 Å². The number of non-ortho nitro benzene ring substituents is 1. The quantitative estimate of drug-likeness (QED) is 0.297. The fraction of sp³-hybridized carbons (Fsp3) is 0.150. The number of nitro benzene ring substituents is 1. The number of aromatic nitrogens is 1. The Bertz CT molecular complexity index is 1140. The molecular weight excluding hydrogens is 421 g/mol. The Morgan fingerprint density at radius 1 is 1.17 bits per heavy atom. The van der Waals surface area contributed by atoms with Crippen molar-refractivity contribution in [1.29, 1.82) is 0 Å². The molecule has 0 unspecified atom stereocenters. The highest BCUT2D eigenvalue weighted by atomic mass is 35.5. The first-order valence-electron chi connectivity index (χ1n) is 8.68. The standard InChI is InChI=1S/C20H16ClF3N4O2/c1-12-9-14(13(2)27(12)19-6-4-3-5-17(19)21)11-25-26-18-8-7-15(28(29)30)10-16(18)20(22,23)24/h3-11,26H,1-2H3. The maximum Gasteiger partial charge on any atom is 0.418 e. The SMILES string of the molecule is Cc1cc(C=NNc2ccc([N+](=O)[O-])cc2C(F)(F)F)c(C)n1-c1ccccc1Cl. The van der Waals surface area contributed by atoms with Gasteiger partial charge in [0.15, 0.2) is 0 Å². The Hall–Kier alpha value is -3.33. The molecule has 0 saturated heterocycles. The summed E-state index contributed by atoms with van der Waals surface area (Å²) in [7, 11) is 0. The average Bonchev–Trinajstić information content (AvgIpc) is 2.95. The summed E-state index contributed by atoms with van der Waals surface area (Å²) < 4.78 is 41.7. The van der Waals surface area contributed by atoms with E-state index in [1.54, 1.807) is 6.07 Å². The first-order chi connectivity index (χ1) is 14.1. The van der Waals surface area contributed by atoms with Gasteiger partial charge in [0.25, 0.3) is 5.69 Å². The van der Waals surface area contributed by atoms with Crippen LogP contribution in [0.1, 0.15) is 22.5 Å². The molecule has 0 fully saturated rings. The zero-order valence-corrected chi connectivity index (χ0v) is 16.6. The van der Waals surface area contributed by atoms with Crippen molar-refractivity contribution in [1.82, 2.24) is 4.57 Å². The van der Waals surface area contributed by atoms with Crippen molar-refractivity contribution < 1.29 is 18.1 Å². The number of nitrogens with one attached hydrogen (secondary N) is 1. The predicted octanol–water partition coefficient (Wildman–Crippen LogP) is 6.12. The maximum atomic E-state index is 13.3. The first-order valence-corrected chi connectivity index (χ1v) is 9.06. The number of anilines is 1. The van der Waals surface area contributed by atoms with E-state index in [1.807, 2.05) is 42.7 Å². The molecule has 0 spiro atoms. The third kappa shape index (κ3) is 4.30. The van der Waals surface area contributed by atoms with Crippen LogP contribution in [0, 0.1) is 24.0 Å². The molecule has 0 radical (unpaired) electrons. The summed E-state index contributed by atoms with van der Waals surface area (Å²) in [5.41, 5.74) is 3.24. The summed E-state index contributed by atoms with van der Waals surface area (Å²) in [5, 5.41) is 15.2. The Morgan fingerprint density at radius 3 is 2.50 bits per heavy atom. The third-order valence-corrected chi connectivity index (χ3v) is 4.79. The van der Waals surface area contributed by atoms with Crippen molar-refractivity contribution >= 4 is 29.2 Å². The lowest BCUT2D eigenvalue weighted by molar-refractivity contribution is -0.385. The topological polar surface area (TPSA) is 72.5 Å². The van der Waals surface area contributed by atoms with Gasteiger partial charge in [0.05, 0.1) is 33.1 Å². The Morgan fingerprint density at radius 2 is 1.87 bits per heavy atom. The van der Waals surface area contributed by atoms with Crippen LogP contribution in [0.4, 0.5) is 24.5 Å². The van der Waals surface area contributed by atoms with E-state index < -0.39 is 22.4 Å². The van der Waals surface area contributed by atoms with Crippen LogP contribution in [0.2, 0.25) is 5.02 Å². The Balaban J connectivity index is 1.91. The highest BCUT2D eigenvalue weighted by molar-refractivity contribution is 6.32. The minimum absolute atomic E-state index is 0.385. The summed E-state index contributed by atoms with van der Waals surface area (Å²) in [5.74, 6) is 0. The number of alkyl halides is 3. The van der Waals surface area contributed by atoms with Gasteiger partial charge in [-0.25, -0.2) is 0 Å². The molecule has 1 aromatic heterocycles. The molecule has 0 aliphatic rings. The average molecular weight is 437 g/mol. The number of nitrogens with zero attached hydrogens (tertiary/aromatic N) is 3. The number of hydrazone groups is 1. The lowest BCUT2D eigenvalue weighted by atomic mass is 10.1. The van der Waals surface area contributed by atoms with E-state index in [1.165, 1.54) is 6.21 Å². The number of halogens is 4. The van der Waals surface area contributed by atoms with E-state index in [0.29, 0.717) is 16.7 Å². The normalized spacial score (nSPS) is 11.8. The minimum atomic E-state index is -4.77. The summed E-state index contributed by atoms with van der Waals surface area (Å²) in [4.78, 5) is 9.90. The van der Waals surface area contributed by atoms with Crippen molar-refractivity contribution in [3.63, 3.8) is 0 Å². The van der Waals surface area contributed by atoms with Gasteiger partial charge >= 0.3 is 6.18 Å². The van der Waals surface area contributed by atoms with E-state index in [4.69, 9.17) is 11.6 Å². The molecule has 0 saturated carbocycles. The van der Waals surface area contributed by atoms with Gasteiger partial charge in [-0.15, -0.1) is 0 Å². The smallest absolute Gasteiger partial charge is 0.316 e. The number of benzene rings is 2. The second-order valence-electron chi connectivity index (χ2n) is 6.47. The second-order valence-corrected chi connectivity index (χ2v) is 6.88. The largest absolute Gasteiger partial charge is 0.418 e. The van der Waals surface area contributed by atoms with E-state index in [2.05, 4.69) is 10.5 Å². The molecule has 10 heteroatoms. The van der Waals surface area contributed by atoms with Crippen LogP contribution in [0.15, 0.2) is 53.6 Å². The number of nitro groups is 1. The molecule has 1 N–H and O–H groups in total. The molecule has 1 heterocycles. The van der Waals surface area contributed by atoms with E-state index in [0.717, 1.165) is 29.2 Å². The van der Waals surface area contributed by atoms with Crippen molar-refractivity contribution in [2.24, 2.45) is 5.10 Å². The molecule has 0 atom stereocenters. The van der Waals surface area contributed by atoms with Gasteiger partial charge in [-0.3, -0.25) is 15.5 Å². The molecule has 0 amide bonds. The van der Waals surface area contributed by atoms with Gasteiger partial charge in [0.1, 0.15) is 0 Å². The summed E-state index contributed by atoms with van der Waals surface area (Å²) in [6.07, 6.45) is -3.39. The van der Waals surface area contributed by atoms with E-state index >= 15 is 0 Å². The van der Waals surface area contributed by atoms with Crippen LogP contribution in [-0.2, 0) is 6.18 Å². The van der Waals surface area contributed by atoms with Crippen LogP contribution < -0.4 is 5.43 Å². The molecule has 0 bridgehead atoms. The van der Waals surface area contributed by atoms with Crippen LogP contribution in [-0.4, -0.2) is 15.7 Å². The van der Waals surface area contributed by atoms with Crippen LogP contribution >= 0.6 is 11.6 Å². The highest BCUT2D eigenvalue weighted by Crippen LogP contribution is 2.37. The molecule has 6 nitrogen and oxygen atoms in total. The molecule has 2 aromatic carbocycles. The van der Waals surface area contributed by atoms with E-state index in [-0.39, 0.29) is 5.69 Å². The number of hydrogen-bond donors (Lipinski definition) is 1. The molecule has 3 rings (SSSR count).